The summed E-state index contributed by atoms with van der Waals surface area (Å²) < 4.78 is 1.52. The minimum atomic E-state index is -0.763. The van der Waals surface area contributed by atoms with E-state index in [0.717, 1.165) is 24.0 Å². The molecule has 0 saturated heterocycles. The Morgan fingerprint density at radius 2 is 1.82 bits per heavy atom. The third kappa shape index (κ3) is 3.95. The Bertz CT molecular complexity index is 1010. The molecule has 2 aromatic carbocycles. The highest BCUT2D eigenvalue weighted by atomic mass is 16.5. The molecule has 1 saturated carbocycles. The molecule has 140 valence electrons. The van der Waals surface area contributed by atoms with Crippen LogP contribution in [0.3, 0.4) is 0 Å². The summed E-state index contributed by atoms with van der Waals surface area (Å²) in [6.45, 7) is 0. The number of hydrogen-bond acceptors (Lipinski definition) is 4. The monoisotopic (exact) mass is 372 g/mol. The van der Waals surface area contributed by atoms with Crippen molar-refractivity contribution in [3.63, 3.8) is 0 Å². The molecule has 1 aliphatic rings. The van der Waals surface area contributed by atoms with Crippen LogP contribution in [0.2, 0.25) is 0 Å². The Morgan fingerprint density at radius 1 is 1.14 bits per heavy atom. The van der Waals surface area contributed by atoms with Gasteiger partial charge in [-0.3, -0.25) is 10.0 Å². The standard InChI is InChI=1S/C22H20N4O2/c27-22(24-28)20(15-17-7-3-1-4-8-17)26-19(14-13-16-11-12-16)21(23-25-26)18-9-5-2-6-10-18/h1-10,16,20,28H,11-12,15H2,(H,24,27)/t20-/m0/s1. The molecule has 1 aliphatic carbocycles. The largest absolute Gasteiger partial charge is 0.289 e. The molecule has 0 radical (unpaired) electrons. The Labute approximate surface area is 163 Å². The van der Waals surface area contributed by atoms with E-state index < -0.39 is 11.9 Å². The SMILES string of the molecule is O=C(NO)[C@H](Cc1ccccc1)n1nnc(-c2ccccc2)c1C#CC1CC1. The van der Waals surface area contributed by atoms with Gasteiger partial charge in [0.2, 0.25) is 0 Å². The molecule has 0 bridgehead atoms. The normalized spacial score (nSPS) is 14.0. The van der Waals surface area contributed by atoms with Crippen molar-refractivity contribution in [2.75, 3.05) is 0 Å². The number of hydrogen-bond donors (Lipinski definition) is 2. The number of amides is 1. The van der Waals surface area contributed by atoms with Gasteiger partial charge in [0.15, 0.2) is 0 Å². The molecule has 0 spiro atoms. The molecule has 4 rings (SSSR count). The van der Waals surface area contributed by atoms with Crippen LogP contribution in [-0.2, 0) is 11.2 Å². The van der Waals surface area contributed by atoms with Crippen LogP contribution in [0.1, 0.15) is 30.1 Å². The fourth-order valence-electron chi connectivity index (χ4n) is 3.02. The second kappa shape index (κ2) is 8.07. The molecule has 0 aliphatic heterocycles. The fraction of sp³-hybridized carbons (Fsp3) is 0.227. The molecule has 6 heteroatoms. The van der Waals surface area contributed by atoms with Gasteiger partial charge in [-0.2, -0.15) is 0 Å². The van der Waals surface area contributed by atoms with Crippen molar-refractivity contribution in [1.82, 2.24) is 20.5 Å². The second-order valence-corrected chi connectivity index (χ2v) is 6.82. The fourth-order valence-corrected chi connectivity index (χ4v) is 3.02. The zero-order chi connectivity index (χ0) is 19.3. The molecule has 0 unspecified atom stereocenters. The zero-order valence-electron chi connectivity index (χ0n) is 15.2. The van der Waals surface area contributed by atoms with Crippen molar-refractivity contribution >= 4 is 5.91 Å². The third-order valence-electron chi connectivity index (χ3n) is 4.69. The first-order chi connectivity index (χ1) is 13.8. The predicted molar refractivity (Wildman–Crippen MR) is 104 cm³/mol. The molecule has 1 atom stereocenters. The number of carbonyl (C=O) groups excluding carboxylic acids is 1. The van der Waals surface area contributed by atoms with Gasteiger partial charge in [-0.25, -0.2) is 10.2 Å². The van der Waals surface area contributed by atoms with Crippen molar-refractivity contribution in [3.8, 4) is 23.1 Å². The van der Waals surface area contributed by atoms with E-state index in [4.69, 9.17) is 0 Å². The van der Waals surface area contributed by atoms with Crippen LogP contribution in [0.25, 0.3) is 11.3 Å². The maximum absolute atomic E-state index is 12.5. The molecule has 1 fully saturated rings. The molecule has 2 N–H and O–H groups in total. The lowest BCUT2D eigenvalue weighted by molar-refractivity contribution is -0.133. The van der Waals surface area contributed by atoms with Crippen LogP contribution in [0.4, 0.5) is 0 Å². The van der Waals surface area contributed by atoms with Gasteiger partial charge in [-0.05, 0) is 24.3 Å². The van der Waals surface area contributed by atoms with Crippen LogP contribution >= 0.6 is 0 Å². The van der Waals surface area contributed by atoms with E-state index in [2.05, 4.69) is 22.2 Å². The van der Waals surface area contributed by atoms with Gasteiger partial charge in [0.25, 0.3) is 5.91 Å². The first-order valence-corrected chi connectivity index (χ1v) is 9.26. The van der Waals surface area contributed by atoms with Crippen molar-refractivity contribution < 1.29 is 10.0 Å². The first-order valence-electron chi connectivity index (χ1n) is 9.26. The van der Waals surface area contributed by atoms with E-state index in [1.165, 1.54) is 4.68 Å². The van der Waals surface area contributed by atoms with Gasteiger partial charge in [-0.15, -0.1) is 5.10 Å². The van der Waals surface area contributed by atoms with Gasteiger partial charge in [0.05, 0.1) is 0 Å². The number of hydroxylamine groups is 1. The third-order valence-corrected chi connectivity index (χ3v) is 4.69. The van der Waals surface area contributed by atoms with E-state index in [1.54, 1.807) is 5.48 Å². The van der Waals surface area contributed by atoms with Crippen LogP contribution in [-0.4, -0.2) is 26.1 Å². The minimum Gasteiger partial charge on any atom is -0.289 e. The smallest absolute Gasteiger partial charge is 0.268 e. The molecule has 1 aromatic heterocycles. The molecular formula is C22H20N4O2. The molecule has 1 amide bonds. The summed E-state index contributed by atoms with van der Waals surface area (Å²) in [6, 6.07) is 18.5. The number of aromatic nitrogens is 3. The molecule has 1 heterocycles. The quantitative estimate of drug-likeness (QED) is 0.410. The molecule has 6 nitrogen and oxygen atoms in total. The lowest BCUT2D eigenvalue weighted by Crippen LogP contribution is -2.33. The Hall–Kier alpha value is -3.43. The Balaban J connectivity index is 1.78. The Morgan fingerprint density at radius 3 is 2.46 bits per heavy atom. The summed E-state index contributed by atoms with van der Waals surface area (Å²) in [6.07, 6.45) is 2.56. The van der Waals surface area contributed by atoms with Crippen molar-refractivity contribution in [2.24, 2.45) is 5.92 Å². The summed E-state index contributed by atoms with van der Waals surface area (Å²) in [5.74, 6) is 6.28. The highest BCUT2D eigenvalue weighted by molar-refractivity contribution is 5.80. The van der Waals surface area contributed by atoms with Gasteiger partial charge < -0.3 is 0 Å². The number of rotatable bonds is 5. The topological polar surface area (TPSA) is 80.0 Å². The van der Waals surface area contributed by atoms with Crippen LogP contribution < -0.4 is 5.48 Å². The number of benzene rings is 2. The summed E-state index contributed by atoms with van der Waals surface area (Å²) in [4.78, 5) is 12.5. The van der Waals surface area contributed by atoms with Crippen molar-refractivity contribution in [2.45, 2.75) is 25.3 Å². The van der Waals surface area contributed by atoms with E-state index in [1.807, 2.05) is 60.7 Å². The van der Waals surface area contributed by atoms with Crippen LogP contribution in [0.5, 0.6) is 0 Å². The highest BCUT2D eigenvalue weighted by Crippen LogP contribution is 2.29. The zero-order valence-corrected chi connectivity index (χ0v) is 15.2. The summed E-state index contributed by atoms with van der Waals surface area (Å²) in [5.41, 5.74) is 4.82. The van der Waals surface area contributed by atoms with Gasteiger partial charge >= 0.3 is 0 Å². The lowest BCUT2D eigenvalue weighted by atomic mass is 10.0. The average Bonchev–Trinajstić information content (AvgIpc) is 3.49. The van der Waals surface area contributed by atoms with Gasteiger partial charge in [0.1, 0.15) is 17.4 Å². The first kappa shape index (κ1) is 18.0. The predicted octanol–water partition coefficient (Wildman–Crippen LogP) is 3.00. The molecule has 28 heavy (non-hydrogen) atoms. The van der Waals surface area contributed by atoms with E-state index in [9.17, 15) is 10.0 Å². The van der Waals surface area contributed by atoms with Crippen molar-refractivity contribution in [3.05, 3.63) is 71.9 Å². The summed E-state index contributed by atoms with van der Waals surface area (Å²) >= 11 is 0. The van der Waals surface area contributed by atoms with Crippen molar-refractivity contribution in [1.29, 1.82) is 0 Å². The molecular weight excluding hydrogens is 352 g/mol. The Kier molecular flexibility index (Phi) is 5.18. The van der Waals surface area contributed by atoms with E-state index in [-0.39, 0.29) is 0 Å². The second-order valence-electron chi connectivity index (χ2n) is 6.82. The van der Waals surface area contributed by atoms with Crippen LogP contribution in [0.15, 0.2) is 60.7 Å². The number of nitrogens with zero attached hydrogens (tertiary/aromatic N) is 3. The van der Waals surface area contributed by atoms with E-state index in [0.29, 0.717) is 23.7 Å². The highest BCUT2D eigenvalue weighted by Gasteiger charge is 2.27. The van der Waals surface area contributed by atoms with Gasteiger partial charge in [-0.1, -0.05) is 71.8 Å². The minimum absolute atomic E-state index is 0.364. The summed E-state index contributed by atoms with van der Waals surface area (Å²) in [5, 5.41) is 17.9. The lowest BCUT2D eigenvalue weighted by Gasteiger charge is -2.16. The van der Waals surface area contributed by atoms with Gasteiger partial charge in [0, 0.05) is 17.9 Å². The maximum Gasteiger partial charge on any atom is 0.268 e. The van der Waals surface area contributed by atoms with Crippen LogP contribution in [0, 0.1) is 17.8 Å². The average molecular weight is 372 g/mol. The number of carbonyl (C=O) groups is 1. The summed E-state index contributed by atoms with van der Waals surface area (Å²) in [7, 11) is 0. The number of nitrogens with one attached hydrogen (secondary N) is 1. The van der Waals surface area contributed by atoms with E-state index >= 15 is 0 Å². The molecule has 3 aromatic rings. The maximum atomic E-state index is 12.5.